The third-order valence-electron chi connectivity index (χ3n) is 3.55. The fourth-order valence-electron chi connectivity index (χ4n) is 2.43. The minimum absolute atomic E-state index is 0.270. The molecule has 1 N–H and O–H groups in total. The first kappa shape index (κ1) is 16.8. The molecule has 120 valence electrons. The fraction of sp³-hybridized carbons (Fsp3) is 0.818. The van der Waals surface area contributed by atoms with Crippen LogP contribution in [0.5, 0.6) is 0 Å². The van der Waals surface area contributed by atoms with Gasteiger partial charge in [-0.3, -0.25) is 4.90 Å². The Morgan fingerprint density at radius 3 is 2.52 bits per heavy atom. The third kappa shape index (κ3) is 3.42. The number of carbonyl (C=O) groups is 2. The molecule has 0 aromatic carbocycles. The van der Waals surface area contributed by atoms with Gasteiger partial charge >= 0.3 is 12.0 Å². The van der Waals surface area contributed by atoms with Crippen molar-refractivity contribution in [3.8, 4) is 0 Å². The van der Waals surface area contributed by atoms with Crippen LogP contribution in [0.3, 0.4) is 0 Å². The number of carbonyl (C=O) groups excluding carboxylic acids is 1. The molecule has 0 aromatic rings. The first-order chi connectivity index (χ1) is 9.73. The zero-order valence-corrected chi connectivity index (χ0v) is 14.2. The maximum absolute atomic E-state index is 12.7. The number of hydrogen-bond donors (Lipinski definition) is 1. The van der Waals surface area contributed by atoms with Crippen LogP contribution in [0.4, 0.5) is 4.79 Å². The Morgan fingerprint density at radius 2 is 1.95 bits per heavy atom. The number of amides is 2. The summed E-state index contributed by atoms with van der Waals surface area (Å²) in [6.45, 7) is 2.08. The summed E-state index contributed by atoms with van der Waals surface area (Å²) < 4.78 is 23.7. The predicted octanol–water partition coefficient (Wildman–Crippen LogP) is 0.374. The van der Waals surface area contributed by atoms with Gasteiger partial charge in [-0.1, -0.05) is 0 Å². The molecule has 7 nitrogen and oxygen atoms in total. The van der Waals surface area contributed by atoms with Crippen LogP contribution >= 0.6 is 23.5 Å². The van der Waals surface area contributed by atoms with Crippen LogP contribution in [0.2, 0.25) is 0 Å². The van der Waals surface area contributed by atoms with E-state index < -0.39 is 33.3 Å². The number of thioether (sulfide) groups is 2. The SMILES string of the molecule is CC1SCC(C(=O)O)N1C(=O)N1CCSCC1S(C)(=O)=O. The van der Waals surface area contributed by atoms with Gasteiger partial charge in [0.2, 0.25) is 0 Å². The second-order valence-corrected chi connectivity index (χ2v) is 9.73. The largest absolute Gasteiger partial charge is 0.480 e. The number of urea groups is 1. The van der Waals surface area contributed by atoms with E-state index in [0.29, 0.717) is 23.8 Å². The molecule has 2 amide bonds. The van der Waals surface area contributed by atoms with Gasteiger partial charge in [0.05, 0.1) is 5.37 Å². The molecule has 0 bridgehead atoms. The molecule has 0 radical (unpaired) electrons. The van der Waals surface area contributed by atoms with Gasteiger partial charge in [-0.2, -0.15) is 11.8 Å². The van der Waals surface area contributed by atoms with Crippen LogP contribution in [-0.4, -0.2) is 82.2 Å². The highest BCUT2D eigenvalue weighted by Gasteiger charge is 2.44. The third-order valence-corrected chi connectivity index (χ3v) is 7.41. The van der Waals surface area contributed by atoms with E-state index in [1.54, 1.807) is 6.92 Å². The van der Waals surface area contributed by atoms with Gasteiger partial charge in [-0.25, -0.2) is 18.0 Å². The molecule has 0 saturated carbocycles. The van der Waals surface area contributed by atoms with Crippen LogP contribution in [0, 0.1) is 0 Å². The minimum atomic E-state index is -3.40. The van der Waals surface area contributed by atoms with Crippen LogP contribution in [0.25, 0.3) is 0 Å². The van der Waals surface area contributed by atoms with E-state index in [-0.39, 0.29) is 5.37 Å². The van der Waals surface area contributed by atoms with Crippen molar-refractivity contribution in [1.29, 1.82) is 0 Å². The smallest absolute Gasteiger partial charge is 0.327 e. The molecule has 3 unspecified atom stereocenters. The minimum Gasteiger partial charge on any atom is -0.480 e. The molecule has 2 aliphatic heterocycles. The Morgan fingerprint density at radius 1 is 1.29 bits per heavy atom. The Balaban J connectivity index is 2.26. The monoisotopic (exact) mass is 354 g/mol. The number of nitrogens with zero attached hydrogens (tertiary/aromatic N) is 2. The molecular formula is C11H18N2O5S3. The summed E-state index contributed by atoms with van der Waals surface area (Å²) in [6, 6.07) is -1.39. The summed E-state index contributed by atoms with van der Waals surface area (Å²) >= 11 is 2.87. The van der Waals surface area contributed by atoms with E-state index in [9.17, 15) is 23.1 Å². The number of carboxylic acids is 1. The molecule has 10 heteroatoms. The lowest BCUT2D eigenvalue weighted by molar-refractivity contribution is -0.141. The standard InChI is InChI=1S/C11H18N2O5S3/c1-7-13(8(5-20-7)10(14)15)11(16)12-3-4-19-6-9(12)21(2,17)18/h7-9H,3-6H2,1-2H3,(H,14,15). The quantitative estimate of drug-likeness (QED) is 0.765. The van der Waals surface area contributed by atoms with Crippen LogP contribution < -0.4 is 0 Å². The summed E-state index contributed by atoms with van der Waals surface area (Å²) in [5.41, 5.74) is 0. The molecule has 2 rings (SSSR count). The van der Waals surface area contributed by atoms with Crippen molar-refractivity contribution in [1.82, 2.24) is 9.80 Å². The molecule has 0 aromatic heterocycles. The van der Waals surface area contributed by atoms with Gasteiger partial charge in [-0.15, -0.1) is 11.8 Å². The first-order valence-corrected chi connectivity index (χ1v) is 10.6. The van der Waals surface area contributed by atoms with Gasteiger partial charge in [0, 0.05) is 30.1 Å². The second-order valence-electron chi connectivity index (χ2n) is 5.03. The Bertz CT molecular complexity index is 538. The summed E-state index contributed by atoms with van der Waals surface area (Å²) in [5, 5.41) is 8.08. The van der Waals surface area contributed by atoms with Gasteiger partial charge in [0.25, 0.3) is 0 Å². The molecule has 2 fully saturated rings. The van der Waals surface area contributed by atoms with Crippen molar-refractivity contribution in [2.75, 3.05) is 30.1 Å². The molecule has 0 spiro atoms. The maximum Gasteiger partial charge on any atom is 0.327 e. The predicted molar refractivity (Wildman–Crippen MR) is 83.2 cm³/mol. The molecular weight excluding hydrogens is 336 g/mol. The van der Waals surface area contributed by atoms with E-state index in [1.807, 2.05) is 0 Å². The van der Waals surface area contributed by atoms with Crippen molar-refractivity contribution in [3.63, 3.8) is 0 Å². The lowest BCUT2D eigenvalue weighted by atomic mass is 10.3. The average Bonchev–Trinajstić information content (AvgIpc) is 2.79. The summed E-state index contributed by atoms with van der Waals surface area (Å²) in [5.74, 6) is 0.263. The van der Waals surface area contributed by atoms with E-state index in [0.717, 1.165) is 6.26 Å². The molecule has 2 heterocycles. The molecule has 21 heavy (non-hydrogen) atoms. The number of sulfone groups is 1. The lowest BCUT2D eigenvalue weighted by Crippen LogP contribution is -2.57. The van der Waals surface area contributed by atoms with Crippen molar-refractivity contribution in [3.05, 3.63) is 0 Å². The van der Waals surface area contributed by atoms with Crippen molar-refractivity contribution < 1.29 is 23.1 Å². The van der Waals surface area contributed by atoms with Crippen molar-refractivity contribution >= 4 is 45.4 Å². The topological polar surface area (TPSA) is 95.0 Å². The average molecular weight is 354 g/mol. The highest BCUT2D eigenvalue weighted by atomic mass is 32.2. The molecule has 3 atom stereocenters. The Hall–Kier alpha value is -0.610. The van der Waals surface area contributed by atoms with Crippen molar-refractivity contribution in [2.45, 2.75) is 23.7 Å². The fourth-order valence-corrected chi connectivity index (χ4v) is 6.40. The number of rotatable bonds is 2. The zero-order valence-electron chi connectivity index (χ0n) is 11.8. The maximum atomic E-state index is 12.7. The Kier molecular flexibility index (Phi) is 4.99. The van der Waals surface area contributed by atoms with Crippen LogP contribution in [-0.2, 0) is 14.6 Å². The van der Waals surface area contributed by atoms with Crippen molar-refractivity contribution in [2.24, 2.45) is 0 Å². The number of hydrogen-bond acceptors (Lipinski definition) is 6. The first-order valence-electron chi connectivity index (χ1n) is 6.43. The van der Waals surface area contributed by atoms with Gasteiger partial charge in [0.1, 0.15) is 11.4 Å². The van der Waals surface area contributed by atoms with E-state index in [2.05, 4.69) is 0 Å². The normalized spacial score (nSPS) is 30.5. The van der Waals surface area contributed by atoms with E-state index in [1.165, 1.54) is 33.3 Å². The van der Waals surface area contributed by atoms with Gasteiger partial charge in [0.15, 0.2) is 9.84 Å². The number of carboxylic acid groups (broad SMARTS) is 1. The zero-order chi connectivity index (χ0) is 15.8. The summed E-state index contributed by atoms with van der Waals surface area (Å²) in [6.07, 6.45) is 1.11. The lowest BCUT2D eigenvalue weighted by Gasteiger charge is -2.38. The highest BCUT2D eigenvalue weighted by molar-refractivity contribution is 8.01. The Labute approximate surface area is 132 Å². The molecule has 0 aliphatic carbocycles. The van der Waals surface area contributed by atoms with Gasteiger partial charge < -0.3 is 10.0 Å². The van der Waals surface area contributed by atoms with Crippen LogP contribution in [0.1, 0.15) is 6.92 Å². The summed E-state index contributed by atoms with van der Waals surface area (Å²) in [7, 11) is -3.40. The second kappa shape index (κ2) is 6.25. The highest BCUT2D eigenvalue weighted by Crippen LogP contribution is 2.32. The summed E-state index contributed by atoms with van der Waals surface area (Å²) in [4.78, 5) is 26.6. The van der Waals surface area contributed by atoms with E-state index >= 15 is 0 Å². The molecule has 2 saturated heterocycles. The van der Waals surface area contributed by atoms with E-state index in [4.69, 9.17) is 0 Å². The van der Waals surface area contributed by atoms with Gasteiger partial charge in [-0.05, 0) is 6.92 Å². The van der Waals surface area contributed by atoms with Crippen LogP contribution in [0.15, 0.2) is 0 Å². The molecule has 2 aliphatic rings. The number of aliphatic carboxylic acids is 1.